The van der Waals surface area contributed by atoms with E-state index in [1.165, 1.54) is 0 Å². The Bertz CT molecular complexity index is 292. The highest BCUT2D eigenvalue weighted by Gasteiger charge is 2.43. The number of hydrogen-bond donors (Lipinski definition) is 2. The van der Waals surface area contributed by atoms with Crippen molar-refractivity contribution in [3.05, 3.63) is 0 Å². The smallest absolute Gasteiger partial charge is 0.323 e. The average Bonchev–Trinajstić information content (AvgIpc) is 2.39. The van der Waals surface area contributed by atoms with E-state index in [0.717, 1.165) is 45.4 Å². The normalized spacial score (nSPS) is 31.6. The number of carboxylic acids is 1. The maximum Gasteiger partial charge on any atom is 0.323 e. The van der Waals surface area contributed by atoms with Crippen molar-refractivity contribution in [2.75, 3.05) is 26.2 Å². The van der Waals surface area contributed by atoms with Crippen molar-refractivity contribution in [1.29, 1.82) is 0 Å². The molecule has 1 fully saturated rings. The third-order valence-electron chi connectivity index (χ3n) is 4.86. The quantitative estimate of drug-likeness (QED) is 0.744. The predicted octanol–water partition coefficient (Wildman–Crippen LogP) is 2.20. The first kappa shape index (κ1) is 16.4. The van der Waals surface area contributed by atoms with E-state index in [1.807, 2.05) is 0 Å². The highest BCUT2D eigenvalue weighted by Crippen LogP contribution is 2.36. The van der Waals surface area contributed by atoms with Gasteiger partial charge in [-0.25, -0.2) is 0 Å². The van der Waals surface area contributed by atoms with Gasteiger partial charge in [-0.1, -0.05) is 27.7 Å². The summed E-state index contributed by atoms with van der Waals surface area (Å²) in [6.07, 6.45) is 2.51. The molecule has 0 spiro atoms. The Morgan fingerprint density at radius 2 is 1.95 bits per heavy atom. The van der Waals surface area contributed by atoms with E-state index in [2.05, 4.69) is 37.9 Å². The highest BCUT2D eigenvalue weighted by molar-refractivity contribution is 5.79. The fourth-order valence-electron chi connectivity index (χ4n) is 3.04. The second-order valence-corrected chi connectivity index (χ2v) is 6.04. The lowest BCUT2D eigenvalue weighted by atomic mass is 9.71. The topological polar surface area (TPSA) is 52.6 Å². The number of likely N-dealkylation sites (N-methyl/N-ethyl adjacent to an activating group) is 1. The molecule has 0 aliphatic heterocycles. The zero-order chi connectivity index (χ0) is 14.5. The van der Waals surface area contributed by atoms with Gasteiger partial charge in [0, 0.05) is 13.1 Å². The monoisotopic (exact) mass is 270 g/mol. The number of nitrogens with zero attached hydrogens (tertiary/aromatic N) is 1. The van der Waals surface area contributed by atoms with Crippen molar-refractivity contribution in [3.8, 4) is 0 Å². The van der Waals surface area contributed by atoms with Gasteiger partial charge in [-0.15, -0.1) is 0 Å². The van der Waals surface area contributed by atoms with Crippen molar-refractivity contribution in [1.82, 2.24) is 10.2 Å². The molecule has 0 heterocycles. The fraction of sp³-hybridized carbons (Fsp3) is 0.933. The largest absolute Gasteiger partial charge is 0.480 e. The van der Waals surface area contributed by atoms with Gasteiger partial charge in [-0.05, 0) is 44.2 Å². The lowest BCUT2D eigenvalue weighted by molar-refractivity contribution is -0.147. The van der Waals surface area contributed by atoms with E-state index < -0.39 is 11.5 Å². The van der Waals surface area contributed by atoms with Gasteiger partial charge in [-0.3, -0.25) is 4.79 Å². The minimum Gasteiger partial charge on any atom is -0.480 e. The fourth-order valence-corrected chi connectivity index (χ4v) is 3.04. The van der Waals surface area contributed by atoms with Gasteiger partial charge in [0.2, 0.25) is 0 Å². The zero-order valence-corrected chi connectivity index (χ0v) is 12.9. The minimum atomic E-state index is -0.695. The Hall–Kier alpha value is -0.610. The van der Waals surface area contributed by atoms with Gasteiger partial charge < -0.3 is 15.3 Å². The first-order chi connectivity index (χ1) is 8.95. The molecule has 0 aromatic heterocycles. The Labute approximate surface area is 117 Å². The molecule has 0 saturated heterocycles. The highest BCUT2D eigenvalue weighted by atomic mass is 16.4. The van der Waals surface area contributed by atoms with Crippen LogP contribution >= 0.6 is 0 Å². The summed E-state index contributed by atoms with van der Waals surface area (Å²) in [7, 11) is 0. The zero-order valence-electron chi connectivity index (χ0n) is 12.9. The molecule has 0 aromatic carbocycles. The molecule has 112 valence electrons. The summed E-state index contributed by atoms with van der Waals surface area (Å²) in [5, 5.41) is 12.9. The summed E-state index contributed by atoms with van der Waals surface area (Å²) in [5.74, 6) is 0.439. The maximum atomic E-state index is 11.7. The lowest BCUT2D eigenvalue weighted by Crippen LogP contribution is -2.57. The Balaban J connectivity index is 2.56. The molecule has 3 unspecified atom stereocenters. The minimum absolute atomic E-state index is 0.478. The molecular weight excluding hydrogens is 240 g/mol. The second-order valence-electron chi connectivity index (χ2n) is 6.04. The summed E-state index contributed by atoms with van der Waals surface area (Å²) in [6, 6.07) is 0. The number of aliphatic carboxylic acids is 1. The van der Waals surface area contributed by atoms with Crippen LogP contribution in [0.15, 0.2) is 0 Å². The molecule has 0 radical (unpaired) electrons. The molecule has 2 N–H and O–H groups in total. The number of hydrogen-bond acceptors (Lipinski definition) is 3. The SMILES string of the molecule is CCN(CC)CCNC1(C(=O)O)CCC(C)C(C)C1. The average molecular weight is 270 g/mol. The summed E-state index contributed by atoms with van der Waals surface area (Å²) in [6.45, 7) is 12.4. The summed E-state index contributed by atoms with van der Waals surface area (Å²) >= 11 is 0. The number of rotatable bonds is 7. The molecule has 0 amide bonds. The number of carbonyl (C=O) groups is 1. The van der Waals surface area contributed by atoms with Crippen LogP contribution in [-0.4, -0.2) is 47.7 Å². The number of nitrogens with one attached hydrogen (secondary N) is 1. The molecule has 1 saturated carbocycles. The first-order valence-corrected chi connectivity index (χ1v) is 7.66. The summed E-state index contributed by atoms with van der Waals surface area (Å²) in [5.41, 5.74) is -0.695. The van der Waals surface area contributed by atoms with E-state index >= 15 is 0 Å². The van der Waals surface area contributed by atoms with Crippen LogP contribution in [0, 0.1) is 11.8 Å². The van der Waals surface area contributed by atoms with Crippen molar-refractivity contribution in [2.45, 2.75) is 52.5 Å². The van der Waals surface area contributed by atoms with Crippen LogP contribution in [0.1, 0.15) is 47.0 Å². The third kappa shape index (κ3) is 4.18. The molecule has 1 aliphatic carbocycles. The van der Waals surface area contributed by atoms with Crippen molar-refractivity contribution in [3.63, 3.8) is 0 Å². The van der Waals surface area contributed by atoms with Gasteiger partial charge in [0.25, 0.3) is 0 Å². The van der Waals surface area contributed by atoms with E-state index in [0.29, 0.717) is 11.8 Å². The molecule has 4 nitrogen and oxygen atoms in total. The molecule has 1 rings (SSSR count). The third-order valence-corrected chi connectivity index (χ3v) is 4.86. The van der Waals surface area contributed by atoms with Crippen LogP contribution in [-0.2, 0) is 4.79 Å². The van der Waals surface area contributed by atoms with Gasteiger partial charge in [0.05, 0.1) is 0 Å². The van der Waals surface area contributed by atoms with E-state index in [1.54, 1.807) is 0 Å². The van der Waals surface area contributed by atoms with Gasteiger partial charge in [-0.2, -0.15) is 0 Å². The van der Waals surface area contributed by atoms with Crippen LogP contribution in [0.2, 0.25) is 0 Å². The van der Waals surface area contributed by atoms with Crippen LogP contribution in [0.3, 0.4) is 0 Å². The molecule has 3 atom stereocenters. The standard InChI is InChI=1S/C15H30N2O2/c1-5-17(6-2)10-9-16-15(14(18)19)8-7-12(3)13(4)11-15/h12-13,16H,5-11H2,1-4H3,(H,18,19). The maximum absolute atomic E-state index is 11.7. The summed E-state index contributed by atoms with van der Waals surface area (Å²) in [4.78, 5) is 14.0. The Morgan fingerprint density at radius 1 is 1.32 bits per heavy atom. The number of carboxylic acid groups (broad SMARTS) is 1. The van der Waals surface area contributed by atoms with Crippen LogP contribution in [0.4, 0.5) is 0 Å². The van der Waals surface area contributed by atoms with Gasteiger partial charge >= 0.3 is 5.97 Å². The molecule has 0 aromatic rings. The van der Waals surface area contributed by atoms with Crippen LogP contribution in [0.5, 0.6) is 0 Å². The van der Waals surface area contributed by atoms with Gasteiger partial charge in [0.1, 0.15) is 5.54 Å². The van der Waals surface area contributed by atoms with Crippen molar-refractivity contribution in [2.24, 2.45) is 11.8 Å². The second kappa shape index (κ2) is 7.25. The predicted molar refractivity (Wildman–Crippen MR) is 78.3 cm³/mol. The molecule has 19 heavy (non-hydrogen) atoms. The van der Waals surface area contributed by atoms with Crippen molar-refractivity contribution >= 4 is 5.97 Å². The van der Waals surface area contributed by atoms with E-state index in [9.17, 15) is 9.90 Å². The molecule has 4 heteroatoms. The van der Waals surface area contributed by atoms with E-state index in [-0.39, 0.29) is 0 Å². The van der Waals surface area contributed by atoms with Crippen LogP contribution in [0.25, 0.3) is 0 Å². The van der Waals surface area contributed by atoms with Gasteiger partial charge in [0.15, 0.2) is 0 Å². The van der Waals surface area contributed by atoms with E-state index in [4.69, 9.17) is 0 Å². The molecule has 1 aliphatic rings. The lowest BCUT2D eigenvalue weighted by Gasteiger charge is -2.40. The van der Waals surface area contributed by atoms with Crippen LogP contribution < -0.4 is 5.32 Å². The Morgan fingerprint density at radius 3 is 2.42 bits per heavy atom. The molecular formula is C15H30N2O2. The summed E-state index contributed by atoms with van der Waals surface area (Å²) < 4.78 is 0. The molecule has 0 bridgehead atoms. The van der Waals surface area contributed by atoms with Crippen molar-refractivity contribution < 1.29 is 9.90 Å². The Kier molecular flexibility index (Phi) is 6.27. The first-order valence-electron chi connectivity index (χ1n) is 7.66.